The summed E-state index contributed by atoms with van der Waals surface area (Å²) in [6.07, 6.45) is 4.53. The van der Waals surface area contributed by atoms with Crippen LogP contribution in [-0.4, -0.2) is 70.9 Å². The smallest absolute Gasteiger partial charge is 0.231 e. The molecule has 9 heteroatoms. The van der Waals surface area contributed by atoms with E-state index in [1.54, 1.807) is 12.1 Å². The Balaban J connectivity index is 1.10. The summed E-state index contributed by atoms with van der Waals surface area (Å²) in [6, 6.07) is 16.7. The normalized spacial score (nSPS) is 25.0. The number of amidine groups is 1. The summed E-state index contributed by atoms with van der Waals surface area (Å²) in [6.45, 7) is 3.49. The largest absolute Gasteiger partial charge is 0.368 e. The first kappa shape index (κ1) is 24.7. The monoisotopic (exact) mass is 518 g/mol. The molecule has 4 aliphatic rings. The van der Waals surface area contributed by atoms with Crippen LogP contribution in [0.2, 0.25) is 0 Å². The Bertz CT molecular complexity index is 1180. The number of carbonyl (C=O) groups excluding carboxylic acids is 2. The Kier molecular flexibility index (Phi) is 6.91. The van der Waals surface area contributed by atoms with Crippen LogP contribution in [-0.2, 0) is 16.1 Å². The molecular weight excluding hydrogens is 483 g/mol. The second-order valence-electron chi connectivity index (χ2n) is 10.7. The molecule has 3 aliphatic heterocycles. The molecule has 1 saturated carbocycles. The zero-order chi connectivity index (χ0) is 26.1. The fourth-order valence-electron chi connectivity index (χ4n) is 6.42. The number of nitrogens with zero attached hydrogens (tertiary/aromatic N) is 5. The number of carbonyl (C=O) groups is 2. The Morgan fingerprint density at radius 1 is 0.974 bits per heavy atom. The van der Waals surface area contributed by atoms with Gasteiger partial charge in [-0.2, -0.15) is 5.10 Å². The molecule has 3 fully saturated rings. The number of hydrogen-bond acceptors (Lipinski definition) is 6. The Morgan fingerprint density at radius 2 is 1.71 bits per heavy atom. The number of benzene rings is 2. The molecule has 0 radical (unpaired) electrons. The summed E-state index contributed by atoms with van der Waals surface area (Å²) in [5, 5.41) is 4.64. The van der Waals surface area contributed by atoms with Gasteiger partial charge in [-0.1, -0.05) is 43.2 Å². The molecule has 1 aliphatic carbocycles. The van der Waals surface area contributed by atoms with E-state index in [1.807, 2.05) is 28.0 Å². The van der Waals surface area contributed by atoms with Gasteiger partial charge < -0.3 is 14.7 Å². The highest BCUT2D eigenvalue weighted by Gasteiger charge is 2.50. The zero-order valence-electron chi connectivity index (χ0n) is 21.6. The average molecular weight is 519 g/mol. The molecule has 2 saturated heterocycles. The maximum Gasteiger partial charge on any atom is 0.231 e. The van der Waals surface area contributed by atoms with Gasteiger partial charge in [-0.25, -0.2) is 4.39 Å². The van der Waals surface area contributed by atoms with Crippen LogP contribution >= 0.6 is 0 Å². The molecule has 200 valence electrons. The van der Waals surface area contributed by atoms with Gasteiger partial charge in [0.1, 0.15) is 11.7 Å². The van der Waals surface area contributed by atoms with Crippen molar-refractivity contribution in [1.29, 1.82) is 0 Å². The summed E-state index contributed by atoms with van der Waals surface area (Å²) < 4.78 is 13.5. The number of amides is 2. The van der Waals surface area contributed by atoms with Gasteiger partial charge in [0.05, 0.1) is 5.92 Å². The standard InChI is InChI=1S/C29H35FN6O2/c30-22-12-10-21(11-13-22)20-35-28(38)24-8-4-5-9-25(24)36-26(31-32-29(35)36)14-15-27(37)34-18-16-33(17-19-34)23-6-2-1-3-7-23/h1-3,6-7,10-13,24-25,29,32H,4-5,8-9,14-20H2. The lowest BCUT2D eigenvalue weighted by Gasteiger charge is -2.50. The van der Waals surface area contributed by atoms with Gasteiger partial charge in [0.15, 0.2) is 6.29 Å². The number of nitrogens with one attached hydrogen (secondary N) is 1. The highest BCUT2D eigenvalue weighted by molar-refractivity contribution is 5.91. The molecule has 3 unspecified atom stereocenters. The molecule has 38 heavy (non-hydrogen) atoms. The second kappa shape index (κ2) is 10.6. The van der Waals surface area contributed by atoms with Crippen molar-refractivity contribution in [3.05, 3.63) is 66.0 Å². The van der Waals surface area contributed by atoms with Crippen LogP contribution in [0.1, 0.15) is 44.1 Å². The van der Waals surface area contributed by atoms with Crippen LogP contribution in [0.5, 0.6) is 0 Å². The third-order valence-corrected chi connectivity index (χ3v) is 8.44. The van der Waals surface area contributed by atoms with Crippen LogP contribution in [0.3, 0.4) is 0 Å². The van der Waals surface area contributed by atoms with E-state index < -0.39 is 0 Å². The van der Waals surface area contributed by atoms with Crippen LogP contribution < -0.4 is 10.3 Å². The quantitative estimate of drug-likeness (QED) is 0.635. The minimum atomic E-state index is -0.369. The molecule has 3 atom stereocenters. The highest BCUT2D eigenvalue weighted by atomic mass is 19.1. The number of halogens is 1. The third kappa shape index (κ3) is 4.81. The summed E-state index contributed by atoms with van der Waals surface area (Å²) in [4.78, 5) is 35.1. The minimum Gasteiger partial charge on any atom is -0.368 e. The second-order valence-corrected chi connectivity index (χ2v) is 10.7. The van der Waals surface area contributed by atoms with Gasteiger partial charge in [-0.15, -0.1) is 0 Å². The van der Waals surface area contributed by atoms with E-state index in [1.165, 1.54) is 17.8 Å². The minimum absolute atomic E-state index is 0.0766. The van der Waals surface area contributed by atoms with E-state index in [4.69, 9.17) is 0 Å². The van der Waals surface area contributed by atoms with Gasteiger partial charge in [-0.3, -0.25) is 19.9 Å². The van der Waals surface area contributed by atoms with Gasteiger partial charge in [0.2, 0.25) is 11.8 Å². The molecule has 2 aromatic carbocycles. The van der Waals surface area contributed by atoms with E-state index >= 15 is 0 Å². The van der Waals surface area contributed by atoms with Crippen LogP contribution in [0, 0.1) is 11.7 Å². The highest BCUT2D eigenvalue weighted by Crippen LogP contribution is 2.38. The summed E-state index contributed by atoms with van der Waals surface area (Å²) in [7, 11) is 0. The molecule has 2 amide bonds. The van der Waals surface area contributed by atoms with Crippen LogP contribution in [0.4, 0.5) is 10.1 Å². The van der Waals surface area contributed by atoms with Gasteiger partial charge in [0, 0.05) is 57.3 Å². The maximum atomic E-state index is 13.6. The topological polar surface area (TPSA) is 71.5 Å². The lowest BCUT2D eigenvalue weighted by Crippen LogP contribution is -2.67. The van der Waals surface area contributed by atoms with E-state index in [-0.39, 0.29) is 35.9 Å². The van der Waals surface area contributed by atoms with Crippen LogP contribution in [0.15, 0.2) is 59.7 Å². The average Bonchev–Trinajstić information content (AvgIpc) is 3.39. The Hall–Kier alpha value is -3.62. The van der Waals surface area contributed by atoms with Gasteiger partial charge >= 0.3 is 0 Å². The molecule has 1 N–H and O–H groups in total. The van der Waals surface area contributed by atoms with E-state index in [2.05, 4.69) is 32.5 Å². The number of fused-ring (bicyclic) bond motifs is 3. The van der Waals surface area contributed by atoms with Crippen molar-refractivity contribution in [1.82, 2.24) is 20.1 Å². The first-order chi connectivity index (χ1) is 18.6. The predicted octanol–water partition coefficient (Wildman–Crippen LogP) is 3.36. The number of hydrazone groups is 1. The molecule has 0 aromatic heterocycles. The van der Waals surface area contributed by atoms with E-state index in [9.17, 15) is 14.0 Å². The molecular formula is C29H35FN6O2. The van der Waals surface area contributed by atoms with Crippen molar-refractivity contribution in [3.8, 4) is 0 Å². The number of piperazine rings is 1. The van der Waals surface area contributed by atoms with Gasteiger partial charge in [0.25, 0.3) is 0 Å². The Morgan fingerprint density at radius 3 is 2.47 bits per heavy atom. The third-order valence-electron chi connectivity index (χ3n) is 8.44. The fourth-order valence-corrected chi connectivity index (χ4v) is 6.42. The maximum absolute atomic E-state index is 13.6. The molecule has 0 bridgehead atoms. The molecule has 6 rings (SSSR count). The zero-order valence-corrected chi connectivity index (χ0v) is 21.6. The molecule has 0 spiro atoms. The predicted molar refractivity (Wildman–Crippen MR) is 143 cm³/mol. The first-order valence-electron chi connectivity index (χ1n) is 13.8. The molecule has 3 heterocycles. The summed E-state index contributed by atoms with van der Waals surface area (Å²) >= 11 is 0. The SMILES string of the molecule is O=C(CCC1=NNC2N(Cc3ccc(F)cc3)C(=O)C3CCCCC3N12)N1CCN(c2ccccc2)CC1. The van der Waals surface area contributed by atoms with Crippen molar-refractivity contribution in [2.45, 2.75) is 57.4 Å². The first-order valence-corrected chi connectivity index (χ1v) is 13.8. The van der Waals surface area contributed by atoms with Crippen molar-refractivity contribution in [2.24, 2.45) is 11.0 Å². The van der Waals surface area contributed by atoms with E-state index in [0.717, 1.165) is 63.3 Å². The van der Waals surface area contributed by atoms with Crippen molar-refractivity contribution < 1.29 is 14.0 Å². The number of para-hydroxylation sites is 1. The molecule has 2 aromatic rings. The van der Waals surface area contributed by atoms with Gasteiger partial charge in [-0.05, 0) is 42.7 Å². The number of rotatable bonds is 6. The summed E-state index contributed by atoms with van der Waals surface area (Å²) in [5.74, 6) is 0.785. The van der Waals surface area contributed by atoms with Crippen molar-refractivity contribution in [2.75, 3.05) is 31.1 Å². The lowest BCUT2D eigenvalue weighted by molar-refractivity contribution is -0.156. The van der Waals surface area contributed by atoms with Crippen molar-refractivity contribution in [3.63, 3.8) is 0 Å². The van der Waals surface area contributed by atoms with E-state index in [0.29, 0.717) is 19.4 Å². The lowest BCUT2D eigenvalue weighted by atomic mass is 9.80. The summed E-state index contributed by atoms with van der Waals surface area (Å²) in [5.41, 5.74) is 5.28. The Labute approximate surface area is 223 Å². The van der Waals surface area contributed by atoms with Crippen LogP contribution in [0.25, 0.3) is 0 Å². The number of hydrogen-bond donors (Lipinski definition) is 1. The van der Waals surface area contributed by atoms with Crippen molar-refractivity contribution >= 4 is 23.3 Å². The molecule has 8 nitrogen and oxygen atoms in total. The number of anilines is 1. The fraction of sp³-hybridized carbons (Fsp3) is 0.483.